The molecular formula is C5H5F2. The van der Waals surface area contributed by atoms with Crippen molar-refractivity contribution in [1.29, 1.82) is 0 Å². The van der Waals surface area contributed by atoms with Gasteiger partial charge in [-0.2, -0.15) is 8.78 Å². The topological polar surface area (TPSA) is 0 Å². The van der Waals surface area contributed by atoms with Crippen LogP contribution >= 0.6 is 0 Å². The van der Waals surface area contributed by atoms with Gasteiger partial charge in [0.05, 0.1) is 0 Å². The number of allylic oxidation sites excluding steroid dienone is 3. The standard InChI is InChI=1S/C5H5F2/c1-2-3-4-5(6)7/h2-4H,1H2/b3-2+. The highest BCUT2D eigenvalue weighted by Gasteiger charge is 1.77. The van der Waals surface area contributed by atoms with E-state index < -0.39 is 6.08 Å². The van der Waals surface area contributed by atoms with Gasteiger partial charge in [0.1, 0.15) is 0 Å². The van der Waals surface area contributed by atoms with Gasteiger partial charge in [-0.15, -0.1) is 0 Å². The molecule has 0 nitrogen and oxygen atoms in total. The zero-order valence-corrected chi connectivity index (χ0v) is 3.70. The fraction of sp³-hybridized carbons (Fsp3) is 0. The quantitative estimate of drug-likeness (QED) is 0.446. The van der Waals surface area contributed by atoms with Crippen LogP contribution in [-0.4, -0.2) is 0 Å². The summed E-state index contributed by atoms with van der Waals surface area (Å²) in [4.78, 5) is 0. The van der Waals surface area contributed by atoms with Crippen molar-refractivity contribution in [2.24, 2.45) is 0 Å². The largest absolute Gasteiger partial charge is 0.270 e. The van der Waals surface area contributed by atoms with Crippen LogP contribution in [0.15, 0.2) is 24.3 Å². The van der Waals surface area contributed by atoms with E-state index in [1.165, 1.54) is 12.2 Å². The van der Waals surface area contributed by atoms with Gasteiger partial charge in [-0.3, -0.25) is 0 Å². The molecule has 0 heterocycles. The van der Waals surface area contributed by atoms with Crippen molar-refractivity contribution in [3.05, 3.63) is 31.2 Å². The van der Waals surface area contributed by atoms with E-state index in [-0.39, 0.29) is 0 Å². The molecule has 0 saturated carbocycles. The van der Waals surface area contributed by atoms with Gasteiger partial charge in [0.25, 0.3) is 6.08 Å². The Hall–Kier alpha value is -0.660. The molecule has 0 fully saturated rings. The maximum Gasteiger partial charge on any atom is 0.270 e. The first-order valence-corrected chi connectivity index (χ1v) is 1.74. The van der Waals surface area contributed by atoms with Crippen molar-refractivity contribution in [1.82, 2.24) is 0 Å². The lowest BCUT2D eigenvalue weighted by Gasteiger charge is -1.68. The molecule has 1 radical (unpaired) electrons. The molecule has 0 atom stereocenters. The molecule has 0 rings (SSSR count). The lowest BCUT2D eigenvalue weighted by Crippen LogP contribution is -1.50. The van der Waals surface area contributed by atoms with Gasteiger partial charge in [-0.25, -0.2) is 0 Å². The maximum atomic E-state index is 11.0. The average Bonchev–Trinajstić information content (AvgIpc) is 1.61. The van der Waals surface area contributed by atoms with Crippen molar-refractivity contribution >= 4 is 0 Å². The molecule has 0 aliphatic rings. The Morgan fingerprint density at radius 1 is 1.43 bits per heavy atom. The summed E-state index contributed by atoms with van der Waals surface area (Å²) in [5.41, 5.74) is 0. The molecule has 0 N–H and O–H groups in total. The Labute approximate surface area is 41.2 Å². The number of rotatable bonds is 1. The Morgan fingerprint density at radius 3 is 2.14 bits per heavy atom. The van der Waals surface area contributed by atoms with Gasteiger partial charge in [-0.05, 0) is 6.92 Å². The summed E-state index contributed by atoms with van der Waals surface area (Å²) in [5.74, 6) is 0. The Morgan fingerprint density at radius 2 is 2.00 bits per heavy atom. The lowest BCUT2D eigenvalue weighted by atomic mass is 10.5. The predicted octanol–water partition coefficient (Wildman–Crippen LogP) is 2.16. The molecule has 0 bridgehead atoms. The van der Waals surface area contributed by atoms with E-state index in [0.29, 0.717) is 6.08 Å². The highest BCUT2D eigenvalue weighted by Crippen LogP contribution is 1.94. The highest BCUT2D eigenvalue weighted by atomic mass is 19.3. The van der Waals surface area contributed by atoms with Crippen LogP contribution in [0.2, 0.25) is 0 Å². The Balaban J connectivity index is 3.46. The summed E-state index contributed by atoms with van der Waals surface area (Å²) in [6.07, 6.45) is 1.46. The summed E-state index contributed by atoms with van der Waals surface area (Å²) in [5, 5.41) is 0. The Kier molecular flexibility index (Phi) is 3.19. The van der Waals surface area contributed by atoms with E-state index in [0.717, 1.165) is 0 Å². The molecule has 0 aromatic carbocycles. The van der Waals surface area contributed by atoms with Crippen molar-refractivity contribution in [3.8, 4) is 0 Å². The monoisotopic (exact) mass is 103 g/mol. The SMILES string of the molecule is [CH2]/C=C/C=C(F)F. The molecule has 0 unspecified atom stereocenters. The van der Waals surface area contributed by atoms with Crippen molar-refractivity contribution < 1.29 is 8.78 Å². The van der Waals surface area contributed by atoms with E-state index in [4.69, 9.17) is 0 Å². The molecule has 0 aliphatic carbocycles. The third-order valence-corrected chi connectivity index (χ3v) is 0.358. The third kappa shape index (κ3) is 5.34. The minimum absolute atomic E-state index is 0.688. The molecule has 0 aromatic rings. The maximum absolute atomic E-state index is 11.0. The normalized spacial score (nSPS) is 9.57. The molecule has 0 saturated heterocycles. The molecule has 0 spiro atoms. The molecular weight excluding hydrogens is 98.1 g/mol. The summed E-state index contributed by atoms with van der Waals surface area (Å²) in [6.45, 7) is 3.20. The average molecular weight is 103 g/mol. The summed E-state index contributed by atoms with van der Waals surface area (Å²) in [6, 6.07) is 0. The van der Waals surface area contributed by atoms with Crippen LogP contribution in [-0.2, 0) is 0 Å². The minimum Gasteiger partial charge on any atom is -0.173 e. The van der Waals surface area contributed by atoms with Crippen LogP contribution in [0.4, 0.5) is 8.78 Å². The van der Waals surface area contributed by atoms with Gasteiger partial charge >= 0.3 is 0 Å². The Bertz CT molecular complexity index is 88.3. The first-order valence-electron chi connectivity index (χ1n) is 1.74. The zero-order valence-electron chi connectivity index (χ0n) is 3.70. The smallest absolute Gasteiger partial charge is 0.173 e. The molecule has 39 valence electrons. The van der Waals surface area contributed by atoms with Crippen molar-refractivity contribution in [2.45, 2.75) is 0 Å². The number of halogens is 2. The molecule has 7 heavy (non-hydrogen) atoms. The van der Waals surface area contributed by atoms with E-state index in [2.05, 4.69) is 6.92 Å². The van der Waals surface area contributed by atoms with Crippen LogP contribution in [0.5, 0.6) is 0 Å². The van der Waals surface area contributed by atoms with Gasteiger partial charge in [0.15, 0.2) is 0 Å². The van der Waals surface area contributed by atoms with Gasteiger partial charge in [-0.1, -0.05) is 12.2 Å². The number of hydrogen-bond donors (Lipinski definition) is 0. The molecule has 2 heteroatoms. The van der Waals surface area contributed by atoms with Crippen LogP contribution in [0.1, 0.15) is 0 Å². The van der Waals surface area contributed by atoms with E-state index in [9.17, 15) is 8.78 Å². The first kappa shape index (κ1) is 6.34. The highest BCUT2D eigenvalue weighted by molar-refractivity contribution is 5.03. The second kappa shape index (κ2) is 3.53. The molecule has 0 aliphatic heterocycles. The summed E-state index contributed by atoms with van der Waals surface area (Å²) >= 11 is 0. The second-order valence-electron chi connectivity index (χ2n) is 0.884. The zero-order chi connectivity index (χ0) is 5.70. The molecule has 0 aromatic heterocycles. The van der Waals surface area contributed by atoms with Crippen molar-refractivity contribution in [2.75, 3.05) is 0 Å². The fourth-order valence-corrected chi connectivity index (χ4v) is 0.141. The van der Waals surface area contributed by atoms with Crippen LogP contribution in [0.3, 0.4) is 0 Å². The second-order valence-corrected chi connectivity index (χ2v) is 0.884. The van der Waals surface area contributed by atoms with Crippen molar-refractivity contribution in [3.63, 3.8) is 0 Å². The fourth-order valence-electron chi connectivity index (χ4n) is 0.141. The van der Waals surface area contributed by atoms with E-state index in [1.54, 1.807) is 0 Å². The van der Waals surface area contributed by atoms with Crippen LogP contribution in [0, 0.1) is 6.92 Å². The summed E-state index contributed by atoms with van der Waals surface area (Å²) in [7, 11) is 0. The predicted molar refractivity (Wildman–Crippen MR) is 24.8 cm³/mol. The van der Waals surface area contributed by atoms with Gasteiger partial charge in [0.2, 0.25) is 0 Å². The van der Waals surface area contributed by atoms with E-state index >= 15 is 0 Å². The molecule has 0 amide bonds. The van der Waals surface area contributed by atoms with Crippen LogP contribution in [0.25, 0.3) is 0 Å². The third-order valence-electron chi connectivity index (χ3n) is 0.358. The summed E-state index contributed by atoms with van der Waals surface area (Å²) < 4.78 is 22.0. The van der Waals surface area contributed by atoms with Crippen LogP contribution < -0.4 is 0 Å². The lowest BCUT2D eigenvalue weighted by molar-refractivity contribution is 0.422. The van der Waals surface area contributed by atoms with E-state index in [1.807, 2.05) is 0 Å². The minimum atomic E-state index is -1.69. The van der Waals surface area contributed by atoms with Gasteiger partial charge < -0.3 is 0 Å². The first-order chi connectivity index (χ1) is 3.27. The van der Waals surface area contributed by atoms with Gasteiger partial charge in [0, 0.05) is 6.08 Å². The number of hydrogen-bond acceptors (Lipinski definition) is 0.